The number of nitrogens with zero attached hydrogens (tertiary/aromatic N) is 3. The molecule has 2 aliphatic rings. The minimum atomic E-state index is 0. The van der Waals surface area contributed by atoms with Gasteiger partial charge in [-0.3, -0.25) is 4.90 Å². The van der Waals surface area contributed by atoms with Gasteiger partial charge in [-0.15, -0.1) is 12.4 Å². The molecular weight excluding hydrogens is 308 g/mol. The highest BCUT2D eigenvalue weighted by molar-refractivity contribution is 5.85. The Kier molecular flexibility index (Phi) is 6.72. The number of para-hydroxylation sites is 1. The van der Waals surface area contributed by atoms with Crippen molar-refractivity contribution >= 4 is 18.1 Å². The first kappa shape index (κ1) is 18.5. The van der Waals surface area contributed by atoms with Crippen LogP contribution in [-0.4, -0.2) is 61.7 Å². The van der Waals surface area contributed by atoms with Gasteiger partial charge in [0.05, 0.1) is 0 Å². The van der Waals surface area contributed by atoms with Crippen LogP contribution in [0.15, 0.2) is 24.3 Å². The van der Waals surface area contributed by atoms with E-state index in [9.17, 15) is 0 Å². The summed E-state index contributed by atoms with van der Waals surface area (Å²) in [6.45, 7) is 13.5. The summed E-state index contributed by atoms with van der Waals surface area (Å²) in [4.78, 5) is 7.59. The van der Waals surface area contributed by atoms with Crippen LogP contribution in [-0.2, 0) is 6.54 Å². The highest BCUT2D eigenvalue weighted by Crippen LogP contribution is 2.25. The molecule has 2 heterocycles. The number of rotatable bonds is 4. The van der Waals surface area contributed by atoms with Crippen LogP contribution in [0.3, 0.4) is 0 Å². The highest BCUT2D eigenvalue weighted by Gasteiger charge is 2.27. The molecule has 2 unspecified atom stereocenters. The Morgan fingerprint density at radius 2 is 1.74 bits per heavy atom. The van der Waals surface area contributed by atoms with E-state index in [1.807, 2.05) is 0 Å². The van der Waals surface area contributed by atoms with Gasteiger partial charge in [-0.05, 0) is 24.1 Å². The third kappa shape index (κ3) is 4.38. The molecule has 2 atom stereocenters. The molecule has 2 fully saturated rings. The monoisotopic (exact) mass is 338 g/mol. The lowest BCUT2D eigenvalue weighted by molar-refractivity contribution is 0.270. The second kappa shape index (κ2) is 8.34. The normalized spacial score (nSPS) is 26.3. The highest BCUT2D eigenvalue weighted by atomic mass is 35.5. The van der Waals surface area contributed by atoms with E-state index in [-0.39, 0.29) is 12.4 Å². The van der Waals surface area contributed by atoms with Crippen molar-refractivity contribution in [3.63, 3.8) is 0 Å². The fourth-order valence-electron chi connectivity index (χ4n) is 3.72. The average molecular weight is 339 g/mol. The van der Waals surface area contributed by atoms with Crippen LogP contribution < -0.4 is 10.6 Å². The quantitative estimate of drug-likeness (QED) is 0.911. The first-order valence-electron chi connectivity index (χ1n) is 8.70. The summed E-state index contributed by atoms with van der Waals surface area (Å²) in [7, 11) is 0. The van der Waals surface area contributed by atoms with Crippen molar-refractivity contribution in [1.82, 2.24) is 9.80 Å². The van der Waals surface area contributed by atoms with Gasteiger partial charge in [0.1, 0.15) is 0 Å². The van der Waals surface area contributed by atoms with Crippen molar-refractivity contribution in [1.29, 1.82) is 0 Å². The van der Waals surface area contributed by atoms with Crippen LogP contribution >= 0.6 is 12.4 Å². The number of piperazine rings is 1. The number of hydrogen-bond donors (Lipinski definition) is 1. The van der Waals surface area contributed by atoms with E-state index in [2.05, 4.69) is 52.8 Å². The smallest absolute Gasteiger partial charge is 0.0412 e. The van der Waals surface area contributed by atoms with E-state index in [1.54, 1.807) is 0 Å². The summed E-state index contributed by atoms with van der Waals surface area (Å²) >= 11 is 0. The number of nitrogens with two attached hydrogens (primary N) is 1. The molecule has 0 saturated carbocycles. The Morgan fingerprint density at radius 1 is 1.04 bits per heavy atom. The zero-order valence-corrected chi connectivity index (χ0v) is 15.3. The van der Waals surface area contributed by atoms with Gasteiger partial charge >= 0.3 is 0 Å². The van der Waals surface area contributed by atoms with Crippen LogP contribution in [0, 0.1) is 5.92 Å². The molecule has 2 N–H and O–H groups in total. The standard InChI is InChI=1S/C18H30N4.ClH/c1-3-20-8-10-22(11-9-20)18-7-5-4-6-16(18)13-21-12-15(2)17(19)14-21;/h4-7,15,17H,3,8-14,19H2,1-2H3;1H. The maximum atomic E-state index is 6.18. The number of likely N-dealkylation sites (tertiary alicyclic amines) is 1. The number of benzene rings is 1. The molecule has 0 spiro atoms. The molecule has 2 saturated heterocycles. The van der Waals surface area contributed by atoms with Crippen molar-refractivity contribution in [2.75, 3.05) is 50.7 Å². The maximum Gasteiger partial charge on any atom is 0.0412 e. The van der Waals surface area contributed by atoms with Crippen molar-refractivity contribution < 1.29 is 0 Å². The first-order valence-corrected chi connectivity index (χ1v) is 8.70. The van der Waals surface area contributed by atoms with Crippen LogP contribution in [0.4, 0.5) is 5.69 Å². The van der Waals surface area contributed by atoms with Gasteiger partial charge in [0.2, 0.25) is 0 Å². The Hall–Kier alpha value is -0.810. The summed E-state index contributed by atoms with van der Waals surface area (Å²) in [5, 5.41) is 0. The molecule has 5 heteroatoms. The zero-order valence-electron chi connectivity index (χ0n) is 14.4. The molecule has 23 heavy (non-hydrogen) atoms. The van der Waals surface area contributed by atoms with Crippen LogP contribution in [0.1, 0.15) is 19.4 Å². The molecule has 2 aliphatic heterocycles. The van der Waals surface area contributed by atoms with Gasteiger partial charge in [-0.1, -0.05) is 32.0 Å². The van der Waals surface area contributed by atoms with Crippen molar-refractivity contribution in [2.24, 2.45) is 11.7 Å². The molecule has 1 aromatic rings. The molecule has 0 amide bonds. The number of likely N-dealkylation sites (N-methyl/N-ethyl adjacent to an activating group) is 1. The van der Waals surface area contributed by atoms with E-state index >= 15 is 0 Å². The Morgan fingerprint density at radius 3 is 2.35 bits per heavy atom. The Balaban J connectivity index is 0.00000192. The molecule has 3 rings (SSSR count). The molecule has 0 aliphatic carbocycles. The van der Waals surface area contributed by atoms with E-state index in [0.29, 0.717) is 12.0 Å². The lowest BCUT2D eigenvalue weighted by Crippen LogP contribution is -2.46. The number of halogens is 1. The van der Waals surface area contributed by atoms with E-state index in [0.717, 1.165) is 32.7 Å². The zero-order chi connectivity index (χ0) is 15.5. The predicted octanol–water partition coefficient (Wildman–Crippen LogP) is 2.03. The van der Waals surface area contributed by atoms with Gasteiger partial charge < -0.3 is 15.5 Å². The Bertz CT molecular complexity index is 478. The van der Waals surface area contributed by atoms with E-state index in [4.69, 9.17) is 5.73 Å². The van der Waals surface area contributed by atoms with Crippen molar-refractivity contribution in [3.05, 3.63) is 29.8 Å². The predicted molar refractivity (Wildman–Crippen MR) is 100 cm³/mol. The summed E-state index contributed by atoms with van der Waals surface area (Å²) in [6, 6.07) is 9.25. The maximum absolute atomic E-state index is 6.18. The summed E-state index contributed by atoms with van der Waals surface area (Å²) in [5.41, 5.74) is 9.05. The Labute approximate surface area is 147 Å². The van der Waals surface area contributed by atoms with Crippen molar-refractivity contribution in [3.8, 4) is 0 Å². The molecule has 0 radical (unpaired) electrons. The van der Waals surface area contributed by atoms with Gasteiger partial charge in [0, 0.05) is 57.5 Å². The fourth-order valence-corrected chi connectivity index (χ4v) is 3.72. The SMILES string of the molecule is CCN1CCN(c2ccccc2CN2CC(C)C(N)C2)CC1.Cl. The fraction of sp³-hybridized carbons (Fsp3) is 0.667. The topological polar surface area (TPSA) is 35.7 Å². The third-order valence-electron chi connectivity index (χ3n) is 5.29. The average Bonchev–Trinajstić information content (AvgIpc) is 2.86. The molecule has 0 aromatic heterocycles. The molecule has 4 nitrogen and oxygen atoms in total. The van der Waals surface area contributed by atoms with Gasteiger partial charge in [0.15, 0.2) is 0 Å². The molecule has 130 valence electrons. The van der Waals surface area contributed by atoms with Gasteiger partial charge in [-0.2, -0.15) is 0 Å². The minimum Gasteiger partial charge on any atom is -0.369 e. The van der Waals surface area contributed by atoms with E-state index < -0.39 is 0 Å². The minimum absolute atomic E-state index is 0. The van der Waals surface area contributed by atoms with Crippen LogP contribution in [0.2, 0.25) is 0 Å². The van der Waals surface area contributed by atoms with Crippen LogP contribution in [0.5, 0.6) is 0 Å². The molecule has 0 bridgehead atoms. The van der Waals surface area contributed by atoms with Gasteiger partial charge in [0.25, 0.3) is 0 Å². The second-order valence-corrected chi connectivity index (χ2v) is 6.89. The molecular formula is C18H31ClN4. The lowest BCUT2D eigenvalue weighted by atomic mass is 10.1. The van der Waals surface area contributed by atoms with Gasteiger partial charge in [-0.25, -0.2) is 0 Å². The molecule has 1 aromatic carbocycles. The number of hydrogen-bond acceptors (Lipinski definition) is 4. The third-order valence-corrected chi connectivity index (χ3v) is 5.29. The van der Waals surface area contributed by atoms with E-state index in [1.165, 1.54) is 30.9 Å². The van der Waals surface area contributed by atoms with Crippen LogP contribution in [0.25, 0.3) is 0 Å². The van der Waals surface area contributed by atoms with Crippen molar-refractivity contribution in [2.45, 2.75) is 26.4 Å². The summed E-state index contributed by atoms with van der Waals surface area (Å²) in [6.07, 6.45) is 0. The summed E-state index contributed by atoms with van der Waals surface area (Å²) in [5.74, 6) is 0.611. The number of anilines is 1. The summed E-state index contributed by atoms with van der Waals surface area (Å²) < 4.78 is 0. The largest absolute Gasteiger partial charge is 0.369 e. The second-order valence-electron chi connectivity index (χ2n) is 6.89. The first-order chi connectivity index (χ1) is 10.7. The lowest BCUT2D eigenvalue weighted by Gasteiger charge is -2.36.